The molecule has 43 heavy (non-hydrogen) atoms. The fourth-order valence-electron chi connectivity index (χ4n) is 5.12. The van der Waals surface area contributed by atoms with Crippen molar-refractivity contribution in [3.63, 3.8) is 0 Å². The van der Waals surface area contributed by atoms with Crippen molar-refractivity contribution in [1.82, 2.24) is 0 Å². The molecule has 0 bridgehead atoms. The number of rotatable bonds is 13. The van der Waals surface area contributed by atoms with Gasteiger partial charge in [-0.3, -0.25) is 9.59 Å². The molecule has 0 heterocycles. The monoisotopic (exact) mass is 576 g/mol. The smallest absolute Gasteiger partial charge is 0.326 e. The van der Waals surface area contributed by atoms with E-state index in [-0.39, 0.29) is 24.0 Å². The van der Waals surface area contributed by atoms with E-state index in [1.165, 1.54) is 0 Å². The Hall–Kier alpha value is -4.91. The fourth-order valence-corrected chi connectivity index (χ4v) is 5.12. The van der Waals surface area contributed by atoms with Crippen LogP contribution in [0.2, 0.25) is 0 Å². The van der Waals surface area contributed by atoms with Gasteiger partial charge < -0.3 is 20.1 Å². The van der Waals surface area contributed by atoms with Crippen molar-refractivity contribution in [2.45, 2.75) is 38.6 Å². The van der Waals surface area contributed by atoms with Gasteiger partial charge in [-0.2, -0.15) is 0 Å². The molecule has 7 heteroatoms. The minimum absolute atomic E-state index is 0.0831. The maximum absolute atomic E-state index is 13.1. The molecule has 0 aromatic heterocycles. The van der Waals surface area contributed by atoms with Crippen molar-refractivity contribution < 1.29 is 24.2 Å². The van der Waals surface area contributed by atoms with Gasteiger partial charge in [0.15, 0.2) is 5.78 Å². The normalized spacial score (nSPS) is 13.4. The van der Waals surface area contributed by atoms with E-state index in [4.69, 9.17) is 4.74 Å². The number of carbonyl (C=O) groups is 3. The van der Waals surface area contributed by atoms with Gasteiger partial charge in [-0.25, -0.2) is 4.79 Å². The zero-order chi connectivity index (χ0) is 30.2. The third kappa shape index (κ3) is 7.49. The molecule has 0 saturated heterocycles. The molecule has 1 saturated carbocycles. The van der Waals surface area contributed by atoms with Gasteiger partial charge in [-0.15, -0.1) is 0 Å². The first kappa shape index (κ1) is 29.6. The summed E-state index contributed by atoms with van der Waals surface area (Å²) in [5.74, 6) is -0.324. The van der Waals surface area contributed by atoms with Crippen LogP contribution in [0.1, 0.15) is 46.3 Å². The molecule has 1 atom stereocenters. The van der Waals surface area contributed by atoms with Crippen molar-refractivity contribution in [3.8, 4) is 5.75 Å². The van der Waals surface area contributed by atoms with Crippen LogP contribution in [0.15, 0.2) is 103 Å². The van der Waals surface area contributed by atoms with Gasteiger partial charge in [0.1, 0.15) is 18.4 Å². The highest BCUT2D eigenvalue weighted by Gasteiger charge is 2.30. The molecule has 2 N–H and O–H groups in total. The van der Waals surface area contributed by atoms with Crippen LogP contribution in [-0.2, 0) is 16.0 Å². The molecule has 0 spiro atoms. The minimum Gasteiger partial charge on any atom is -0.492 e. The lowest BCUT2D eigenvalue weighted by molar-refractivity contribution is -0.137. The van der Waals surface area contributed by atoms with Crippen molar-refractivity contribution in [1.29, 1.82) is 0 Å². The van der Waals surface area contributed by atoms with Crippen LogP contribution in [0, 0.1) is 12.8 Å². The van der Waals surface area contributed by atoms with Gasteiger partial charge in [-0.05, 0) is 61.7 Å². The maximum atomic E-state index is 13.1. The molecule has 1 aliphatic carbocycles. The number of nitrogens with zero attached hydrogens (tertiary/aromatic N) is 1. The van der Waals surface area contributed by atoms with Crippen LogP contribution in [-0.4, -0.2) is 42.0 Å². The Balaban J connectivity index is 1.21. The number of hydrogen-bond acceptors (Lipinski definition) is 5. The number of ketones is 1. The van der Waals surface area contributed by atoms with Gasteiger partial charge in [0.05, 0.1) is 6.54 Å². The molecule has 220 valence electrons. The lowest BCUT2D eigenvalue weighted by Gasteiger charge is -2.31. The first-order valence-corrected chi connectivity index (χ1v) is 14.7. The third-order valence-electron chi connectivity index (χ3n) is 7.85. The van der Waals surface area contributed by atoms with Crippen molar-refractivity contribution in [3.05, 3.63) is 125 Å². The Bertz CT molecular complexity index is 1550. The number of nitrogens with one attached hydrogen (secondary N) is 1. The van der Waals surface area contributed by atoms with E-state index in [0.717, 1.165) is 36.1 Å². The second kappa shape index (κ2) is 13.8. The van der Waals surface area contributed by atoms with Gasteiger partial charge in [0, 0.05) is 34.8 Å². The number of carboxylic acid groups (broad SMARTS) is 1. The van der Waals surface area contributed by atoms with Crippen molar-refractivity contribution in [2.24, 2.45) is 5.92 Å². The fraction of sp³-hybridized carbons (Fsp3) is 0.250. The highest BCUT2D eigenvalue weighted by molar-refractivity contribution is 6.12. The van der Waals surface area contributed by atoms with E-state index in [0.29, 0.717) is 35.7 Å². The first-order chi connectivity index (χ1) is 20.9. The van der Waals surface area contributed by atoms with Crippen molar-refractivity contribution >= 4 is 29.0 Å². The number of aryl methyl sites for hydroxylation is 1. The van der Waals surface area contributed by atoms with Gasteiger partial charge in [-0.1, -0.05) is 78.7 Å². The second-order valence-corrected chi connectivity index (χ2v) is 10.9. The van der Waals surface area contributed by atoms with E-state index in [9.17, 15) is 19.5 Å². The largest absolute Gasteiger partial charge is 0.492 e. The maximum Gasteiger partial charge on any atom is 0.326 e. The summed E-state index contributed by atoms with van der Waals surface area (Å²) in [7, 11) is 0. The number of anilines is 2. The summed E-state index contributed by atoms with van der Waals surface area (Å²) in [4.78, 5) is 40.2. The summed E-state index contributed by atoms with van der Waals surface area (Å²) in [5.41, 5.74) is 4.24. The first-order valence-electron chi connectivity index (χ1n) is 14.7. The van der Waals surface area contributed by atoms with Crippen LogP contribution in [0.25, 0.3) is 0 Å². The molecule has 5 rings (SSSR count). The topological polar surface area (TPSA) is 95.9 Å². The predicted octanol–water partition coefficient (Wildman–Crippen LogP) is 6.55. The molecular formula is C36H36N2O5. The summed E-state index contributed by atoms with van der Waals surface area (Å²) in [6.07, 6.45) is 3.17. The van der Waals surface area contributed by atoms with Crippen molar-refractivity contribution in [2.75, 3.05) is 23.4 Å². The molecule has 4 aromatic rings. The molecule has 0 unspecified atom stereocenters. The van der Waals surface area contributed by atoms with E-state index in [2.05, 4.69) is 5.32 Å². The Morgan fingerprint density at radius 2 is 1.56 bits per heavy atom. The Labute approximate surface area is 252 Å². The number of para-hydroxylation sites is 1. The minimum atomic E-state index is -1.02. The zero-order valence-electron chi connectivity index (χ0n) is 24.2. The molecule has 0 radical (unpaired) electrons. The summed E-state index contributed by atoms with van der Waals surface area (Å²) < 4.78 is 5.99. The van der Waals surface area contributed by atoms with Crippen LogP contribution in [0.3, 0.4) is 0 Å². The number of hydrogen-bond donors (Lipinski definition) is 2. The molecule has 1 aliphatic rings. The average molecular weight is 577 g/mol. The SMILES string of the molecule is Cc1ccc(N(CCOc2ccc(C[C@H](Nc3ccccc3C(=O)c3ccccc3)C(=O)O)cc2)C(=O)C2CCC2)cc1. The van der Waals surface area contributed by atoms with Gasteiger partial charge in [0.25, 0.3) is 0 Å². The average Bonchev–Trinajstić information content (AvgIpc) is 3.00. The van der Waals surface area contributed by atoms with E-state index < -0.39 is 12.0 Å². The predicted molar refractivity (Wildman–Crippen MR) is 168 cm³/mol. The number of amides is 1. The lowest BCUT2D eigenvalue weighted by atomic mass is 9.84. The third-order valence-corrected chi connectivity index (χ3v) is 7.85. The van der Waals surface area contributed by atoms with Gasteiger partial charge >= 0.3 is 5.97 Å². The highest BCUT2D eigenvalue weighted by Crippen LogP contribution is 2.30. The van der Waals surface area contributed by atoms with Crippen LogP contribution in [0.5, 0.6) is 5.75 Å². The van der Waals surface area contributed by atoms with Crippen LogP contribution >= 0.6 is 0 Å². The summed E-state index contributed by atoms with van der Waals surface area (Å²) in [5, 5.41) is 13.0. The van der Waals surface area contributed by atoms with Crippen LogP contribution in [0.4, 0.5) is 11.4 Å². The molecular weight excluding hydrogens is 540 g/mol. The number of benzene rings is 4. The summed E-state index contributed by atoms with van der Waals surface area (Å²) in [6, 6.07) is 30.2. The lowest BCUT2D eigenvalue weighted by Crippen LogP contribution is -2.41. The number of carbonyl (C=O) groups excluding carboxylic acids is 2. The molecule has 1 amide bonds. The van der Waals surface area contributed by atoms with E-state index >= 15 is 0 Å². The second-order valence-electron chi connectivity index (χ2n) is 10.9. The van der Waals surface area contributed by atoms with Gasteiger partial charge in [0.2, 0.25) is 5.91 Å². The Morgan fingerprint density at radius 3 is 2.21 bits per heavy atom. The number of ether oxygens (including phenoxy) is 1. The van der Waals surface area contributed by atoms with E-state index in [1.807, 2.05) is 66.4 Å². The van der Waals surface area contributed by atoms with E-state index in [1.54, 1.807) is 48.5 Å². The molecule has 1 fully saturated rings. The Morgan fingerprint density at radius 1 is 0.884 bits per heavy atom. The number of carboxylic acids is 1. The molecule has 0 aliphatic heterocycles. The standard InChI is InChI=1S/C36H36N2O5/c1-25-14-18-29(19-15-25)38(35(40)28-10-7-11-28)22-23-43-30-20-16-26(17-21-30)24-33(36(41)42)37-32-13-6-5-12-31(32)34(39)27-8-3-2-4-9-27/h2-6,8-9,12-21,28,33,37H,7,10-11,22-24H2,1H3,(H,41,42)/t33-/m0/s1. The zero-order valence-corrected chi connectivity index (χ0v) is 24.2. The molecule has 7 nitrogen and oxygen atoms in total. The van der Waals surface area contributed by atoms with Crippen LogP contribution < -0.4 is 15.0 Å². The quantitative estimate of drug-likeness (QED) is 0.175. The summed E-state index contributed by atoms with van der Waals surface area (Å²) >= 11 is 0. The highest BCUT2D eigenvalue weighted by atomic mass is 16.5. The number of aliphatic carboxylic acids is 1. The molecule has 4 aromatic carbocycles. The summed E-state index contributed by atoms with van der Waals surface area (Å²) in [6.45, 7) is 2.79. The Kier molecular flexibility index (Phi) is 9.52.